The molecule has 1 aromatic heterocycles. The average molecular weight is 380 g/mol. The summed E-state index contributed by atoms with van der Waals surface area (Å²) >= 11 is 0. The Kier molecular flexibility index (Phi) is 4.81. The summed E-state index contributed by atoms with van der Waals surface area (Å²) in [6, 6.07) is 13.5. The number of nitrogens with zero attached hydrogens (tertiary/aromatic N) is 3. The number of fused-ring (bicyclic) bond motifs is 1. The fourth-order valence-electron chi connectivity index (χ4n) is 3.55. The maximum atomic E-state index is 13.1. The lowest BCUT2D eigenvalue weighted by molar-refractivity contribution is 0.184. The van der Waals surface area contributed by atoms with Gasteiger partial charge in [-0.15, -0.1) is 0 Å². The van der Waals surface area contributed by atoms with E-state index in [0.29, 0.717) is 17.3 Å². The Morgan fingerprint density at radius 2 is 2.00 bits per heavy atom. The molecule has 0 spiro atoms. The molecule has 4 rings (SSSR count). The summed E-state index contributed by atoms with van der Waals surface area (Å²) in [7, 11) is 1.80. The number of hydrogen-bond acceptors (Lipinski definition) is 4. The van der Waals surface area contributed by atoms with Crippen LogP contribution in [-0.2, 0) is 6.42 Å². The molecule has 1 aliphatic carbocycles. The number of halogens is 1. The molecule has 1 N–H and O–H groups in total. The van der Waals surface area contributed by atoms with Crippen molar-refractivity contribution in [1.29, 1.82) is 0 Å². The maximum absolute atomic E-state index is 13.1. The molecule has 0 fully saturated rings. The van der Waals surface area contributed by atoms with E-state index in [1.807, 2.05) is 12.1 Å². The highest BCUT2D eigenvalue weighted by Crippen LogP contribution is 2.34. The van der Waals surface area contributed by atoms with Crippen LogP contribution in [0.15, 0.2) is 53.1 Å². The van der Waals surface area contributed by atoms with Crippen molar-refractivity contribution < 1.29 is 13.7 Å². The summed E-state index contributed by atoms with van der Waals surface area (Å²) in [6.07, 6.45) is 1.88. The van der Waals surface area contributed by atoms with E-state index >= 15 is 0 Å². The minimum atomic E-state index is -0.451. The van der Waals surface area contributed by atoms with Crippen LogP contribution in [0.25, 0.3) is 11.4 Å². The number of hydrogen-bond donors (Lipinski definition) is 1. The topological polar surface area (TPSA) is 71.3 Å². The van der Waals surface area contributed by atoms with Gasteiger partial charge in [-0.2, -0.15) is 4.98 Å². The standard InChI is InChI=1S/C21H21FN4O2/c1-13(20-24-19(25-28-20)15-7-10-16(22)11-8-15)23-21(27)26(2)18-12-9-14-5-3-4-6-17(14)18/h3-8,10-11,13,18H,9,12H2,1-2H3,(H,23,27)/t13-,18-/m0/s1. The number of nitrogens with one attached hydrogen (secondary N) is 1. The van der Waals surface area contributed by atoms with Gasteiger partial charge in [-0.05, 0) is 55.2 Å². The van der Waals surface area contributed by atoms with Crippen molar-refractivity contribution in [2.24, 2.45) is 0 Å². The molecule has 0 saturated heterocycles. The van der Waals surface area contributed by atoms with Gasteiger partial charge in [0.05, 0.1) is 6.04 Å². The zero-order chi connectivity index (χ0) is 19.7. The SMILES string of the molecule is C[C@H](NC(=O)N(C)[C@H]1CCc2ccccc21)c1nc(-c2ccc(F)cc2)no1. The Labute approximate surface area is 162 Å². The van der Waals surface area contributed by atoms with Crippen molar-refractivity contribution in [2.45, 2.75) is 31.8 Å². The molecule has 1 aliphatic rings. The third kappa shape index (κ3) is 3.47. The summed E-state index contributed by atoms with van der Waals surface area (Å²) in [5.41, 5.74) is 3.14. The third-order valence-electron chi connectivity index (χ3n) is 5.14. The van der Waals surface area contributed by atoms with Crippen molar-refractivity contribution in [1.82, 2.24) is 20.4 Å². The quantitative estimate of drug-likeness (QED) is 0.734. The molecule has 6 nitrogen and oxygen atoms in total. The Balaban J connectivity index is 1.43. The second-order valence-electron chi connectivity index (χ2n) is 7.00. The Hall–Kier alpha value is -3.22. The van der Waals surface area contributed by atoms with E-state index in [1.54, 1.807) is 31.0 Å². The molecule has 1 heterocycles. The van der Waals surface area contributed by atoms with E-state index in [-0.39, 0.29) is 17.9 Å². The molecular formula is C21H21FN4O2. The molecule has 2 aromatic carbocycles. The van der Waals surface area contributed by atoms with Gasteiger partial charge in [0, 0.05) is 12.6 Å². The van der Waals surface area contributed by atoms with Gasteiger partial charge < -0.3 is 14.7 Å². The van der Waals surface area contributed by atoms with Crippen LogP contribution in [-0.4, -0.2) is 28.1 Å². The van der Waals surface area contributed by atoms with Gasteiger partial charge in [0.1, 0.15) is 11.9 Å². The molecule has 0 saturated carbocycles. The Bertz CT molecular complexity index is 986. The fraction of sp³-hybridized carbons (Fsp3) is 0.286. The van der Waals surface area contributed by atoms with Crippen molar-refractivity contribution in [3.8, 4) is 11.4 Å². The molecule has 0 radical (unpaired) electrons. The fourth-order valence-corrected chi connectivity index (χ4v) is 3.55. The van der Waals surface area contributed by atoms with Gasteiger partial charge in [0.2, 0.25) is 11.7 Å². The number of aromatic nitrogens is 2. The van der Waals surface area contributed by atoms with E-state index in [0.717, 1.165) is 12.8 Å². The van der Waals surface area contributed by atoms with Crippen LogP contribution in [0.3, 0.4) is 0 Å². The third-order valence-corrected chi connectivity index (χ3v) is 5.14. The zero-order valence-electron chi connectivity index (χ0n) is 15.7. The van der Waals surface area contributed by atoms with Crippen LogP contribution in [0.5, 0.6) is 0 Å². The van der Waals surface area contributed by atoms with Crippen molar-refractivity contribution in [3.63, 3.8) is 0 Å². The van der Waals surface area contributed by atoms with Crippen LogP contribution in [0.4, 0.5) is 9.18 Å². The van der Waals surface area contributed by atoms with Gasteiger partial charge in [0.15, 0.2) is 0 Å². The number of amides is 2. The average Bonchev–Trinajstić information content (AvgIpc) is 3.35. The maximum Gasteiger partial charge on any atom is 0.318 e. The minimum absolute atomic E-state index is 0.0564. The van der Waals surface area contributed by atoms with Gasteiger partial charge >= 0.3 is 6.03 Å². The summed E-state index contributed by atoms with van der Waals surface area (Å²) < 4.78 is 18.3. The van der Waals surface area contributed by atoms with E-state index in [4.69, 9.17) is 4.52 Å². The zero-order valence-corrected chi connectivity index (χ0v) is 15.7. The van der Waals surface area contributed by atoms with Gasteiger partial charge in [-0.3, -0.25) is 0 Å². The molecule has 2 amide bonds. The number of carbonyl (C=O) groups is 1. The molecule has 144 valence electrons. The number of carbonyl (C=O) groups excluding carboxylic acids is 1. The Morgan fingerprint density at radius 3 is 2.79 bits per heavy atom. The molecule has 7 heteroatoms. The van der Waals surface area contributed by atoms with Crippen molar-refractivity contribution in [3.05, 3.63) is 71.4 Å². The second kappa shape index (κ2) is 7.42. The highest BCUT2D eigenvalue weighted by atomic mass is 19.1. The molecule has 28 heavy (non-hydrogen) atoms. The van der Waals surface area contributed by atoms with Crippen LogP contribution in [0.1, 0.15) is 42.4 Å². The normalized spacial score (nSPS) is 16.5. The van der Waals surface area contributed by atoms with Crippen LogP contribution in [0, 0.1) is 5.82 Å². The molecule has 0 aliphatic heterocycles. The monoisotopic (exact) mass is 380 g/mol. The molecule has 0 bridgehead atoms. The molecule has 3 aromatic rings. The van der Waals surface area contributed by atoms with Crippen molar-refractivity contribution >= 4 is 6.03 Å². The highest BCUT2D eigenvalue weighted by Gasteiger charge is 2.29. The lowest BCUT2D eigenvalue weighted by Gasteiger charge is -2.26. The minimum Gasteiger partial charge on any atom is -0.337 e. The van der Waals surface area contributed by atoms with Gasteiger partial charge in [0.25, 0.3) is 0 Å². The predicted octanol–water partition coefficient (Wildman–Crippen LogP) is 4.27. The van der Waals surface area contributed by atoms with Gasteiger partial charge in [-0.1, -0.05) is 29.4 Å². The first-order valence-electron chi connectivity index (χ1n) is 9.23. The van der Waals surface area contributed by atoms with E-state index in [1.165, 1.54) is 23.3 Å². The predicted molar refractivity (Wildman–Crippen MR) is 102 cm³/mol. The summed E-state index contributed by atoms with van der Waals surface area (Å²) in [5.74, 6) is 0.326. The van der Waals surface area contributed by atoms with Gasteiger partial charge in [-0.25, -0.2) is 9.18 Å². The highest BCUT2D eigenvalue weighted by molar-refractivity contribution is 5.75. The summed E-state index contributed by atoms with van der Waals surface area (Å²) in [4.78, 5) is 18.8. The van der Waals surface area contributed by atoms with Crippen LogP contribution in [0.2, 0.25) is 0 Å². The number of aryl methyl sites for hydroxylation is 1. The first kappa shape index (κ1) is 18.2. The lowest BCUT2D eigenvalue weighted by Crippen LogP contribution is -2.40. The van der Waals surface area contributed by atoms with Crippen molar-refractivity contribution in [2.75, 3.05) is 7.05 Å². The van der Waals surface area contributed by atoms with Crippen LogP contribution < -0.4 is 5.32 Å². The van der Waals surface area contributed by atoms with E-state index in [9.17, 15) is 9.18 Å². The first-order valence-corrected chi connectivity index (χ1v) is 9.23. The number of rotatable bonds is 4. The molecular weight excluding hydrogens is 359 g/mol. The second-order valence-corrected chi connectivity index (χ2v) is 7.00. The van der Waals surface area contributed by atoms with E-state index in [2.05, 4.69) is 27.6 Å². The lowest BCUT2D eigenvalue weighted by atomic mass is 10.1. The smallest absolute Gasteiger partial charge is 0.318 e. The largest absolute Gasteiger partial charge is 0.337 e. The number of urea groups is 1. The summed E-state index contributed by atoms with van der Waals surface area (Å²) in [5, 5.41) is 6.83. The molecule has 0 unspecified atom stereocenters. The summed E-state index contributed by atoms with van der Waals surface area (Å²) in [6.45, 7) is 1.79. The number of benzene rings is 2. The molecule has 2 atom stereocenters. The van der Waals surface area contributed by atoms with Crippen LogP contribution >= 0.6 is 0 Å². The Morgan fingerprint density at radius 1 is 1.25 bits per heavy atom. The van der Waals surface area contributed by atoms with E-state index < -0.39 is 6.04 Å². The first-order chi connectivity index (χ1) is 13.5.